The molecule has 2 aromatic carbocycles. The van der Waals surface area contributed by atoms with Crippen molar-refractivity contribution in [3.8, 4) is 22.3 Å². The number of aromatic nitrogens is 1. The number of H-pyrrole nitrogens is 1. The number of pyridine rings is 1. The van der Waals surface area contributed by atoms with Crippen LogP contribution in [0.5, 0.6) is 0 Å². The lowest BCUT2D eigenvalue weighted by Gasteiger charge is -2.08. The second-order valence-corrected chi connectivity index (χ2v) is 5.40. The Morgan fingerprint density at radius 1 is 0.818 bits per heavy atom. The Kier molecular flexibility index (Phi) is 3.63. The van der Waals surface area contributed by atoms with Crippen molar-refractivity contribution < 1.29 is 4.39 Å². The summed E-state index contributed by atoms with van der Waals surface area (Å²) in [5.41, 5.74) is 5.24. The van der Waals surface area contributed by atoms with Crippen LogP contribution >= 0.6 is 0 Å². The first kappa shape index (κ1) is 14.3. The monoisotopic (exact) mass is 293 g/mol. The van der Waals surface area contributed by atoms with Crippen molar-refractivity contribution in [1.82, 2.24) is 4.98 Å². The summed E-state index contributed by atoms with van der Waals surface area (Å²) in [7, 11) is 0. The lowest BCUT2D eigenvalue weighted by atomic mass is 9.99. The van der Waals surface area contributed by atoms with Gasteiger partial charge in [0.15, 0.2) is 5.43 Å². The van der Waals surface area contributed by atoms with E-state index in [0.29, 0.717) is 5.56 Å². The van der Waals surface area contributed by atoms with Crippen molar-refractivity contribution in [2.75, 3.05) is 0 Å². The van der Waals surface area contributed by atoms with E-state index in [1.54, 1.807) is 18.2 Å². The van der Waals surface area contributed by atoms with Gasteiger partial charge in [-0.15, -0.1) is 0 Å². The summed E-state index contributed by atoms with van der Waals surface area (Å²) in [5.74, 6) is -0.248. The highest BCUT2D eigenvalue weighted by Crippen LogP contribution is 2.24. The van der Waals surface area contributed by atoms with Crippen molar-refractivity contribution in [3.05, 3.63) is 82.0 Å². The number of benzene rings is 2. The maximum Gasteiger partial charge on any atom is 0.189 e. The van der Waals surface area contributed by atoms with Crippen LogP contribution in [-0.2, 0) is 0 Å². The van der Waals surface area contributed by atoms with Gasteiger partial charge in [-0.25, -0.2) is 4.39 Å². The number of aryl methyl sites for hydroxylation is 2. The van der Waals surface area contributed by atoms with Gasteiger partial charge >= 0.3 is 0 Å². The highest BCUT2D eigenvalue weighted by molar-refractivity contribution is 5.71. The molecule has 110 valence electrons. The molecule has 0 aliphatic heterocycles. The lowest BCUT2D eigenvalue weighted by molar-refractivity contribution is 0.628. The molecule has 0 amide bonds. The molecule has 1 N–H and O–H groups in total. The van der Waals surface area contributed by atoms with E-state index in [1.807, 2.05) is 38.1 Å². The molecule has 3 aromatic rings. The van der Waals surface area contributed by atoms with Gasteiger partial charge in [0.05, 0.1) is 0 Å². The van der Waals surface area contributed by atoms with Gasteiger partial charge < -0.3 is 4.98 Å². The summed E-state index contributed by atoms with van der Waals surface area (Å²) in [4.78, 5) is 15.4. The smallest absolute Gasteiger partial charge is 0.189 e. The van der Waals surface area contributed by atoms with Crippen LogP contribution in [0.25, 0.3) is 22.3 Å². The molecule has 0 aliphatic rings. The van der Waals surface area contributed by atoms with Gasteiger partial charge in [-0.05, 0) is 42.7 Å². The van der Waals surface area contributed by atoms with Gasteiger partial charge in [0.1, 0.15) is 5.82 Å². The van der Waals surface area contributed by atoms with Gasteiger partial charge in [0.25, 0.3) is 0 Å². The zero-order chi connectivity index (χ0) is 15.7. The molecule has 0 radical (unpaired) electrons. The Morgan fingerprint density at radius 3 is 1.86 bits per heavy atom. The molecule has 2 nitrogen and oxygen atoms in total. The predicted molar refractivity (Wildman–Crippen MR) is 87.4 cm³/mol. The van der Waals surface area contributed by atoms with E-state index in [-0.39, 0.29) is 11.2 Å². The summed E-state index contributed by atoms with van der Waals surface area (Å²) in [5, 5.41) is 0. The van der Waals surface area contributed by atoms with Crippen LogP contribution in [0.1, 0.15) is 11.4 Å². The van der Waals surface area contributed by atoms with Crippen LogP contribution in [0.3, 0.4) is 0 Å². The molecule has 1 aromatic heterocycles. The van der Waals surface area contributed by atoms with E-state index >= 15 is 0 Å². The maximum absolute atomic E-state index is 13.0. The van der Waals surface area contributed by atoms with E-state index < -0.39 is 0 Å². The topological polar surface area (TPSA) is 32.9 Å². The zero-order valence-corrected chi connectivity index (χ0v) is 12.5. The maximum atomic E-state index is 13.0. The van der Waals surface area contributed by atoms with Gasteiger partial charge in [-0.2, -0.15) is 0 Å². The summed E-state index contributed by atoms with van der Waals surface area (Å²) in [6.45, 7) is 3.77. The molecule has 0 unspecified atom stereocenters. The summed E-state index contributed by atoms with van der Waals surface area (Å²) < 4.78 is 13.0. The SMILES string of the molecule is Cc1cc(=O)c(-c2ccc(-c3ccc(F)cc3)cc2)c(C)[nH]1. The van der Waals surface area contributed by atoms with Crippen LogP contribution in [0.4, 0.5) is 4.39 Å². The molecule has 0 atom stereocenters. The largest absolute Gasteiger partial charge is 0.362 e. The molecule has 0 saturated heterocycles. The zero-order valence-electron chi connectivity index (χ0n) is 12.5. The first-order valence-corrected chi connectivity index (χ1v) is 7.11. The third-order valence-corrected chi connectivity index (χ3v) is 3.70. The van der Waals surface area contributed by atoms with E-state index in [2.05, 4.69) is 4.98 Å². The average molecular weight is 293 g/mol. The number of rotatable bonds is 2. The van der Waals surface area contributed by atoms with Gasteiger partial charge in [0.2, 0.25) is 0 Å². The van der Waals surface area contributed by atoms with Crippen molar-refractivity contribution in [1.29, 1.82) is 0 Å². The minimum absolute atomic E-state index is 0.0169. The third-order valence-electron chi connectivity index (χ3n) is 3.70. The average Bonchev–Trinajstić information content (AvgIpc) is 2.48. The van der Waals surface area contributed by atoms with E-state index in [9.17, 15) is 9.18 Å². The molecule has 0 fully saturated rings. The standard InChI is InChI=1S/C19H16FNO/c1-12-11-18(22)19(13(2)21-12)16-5-3-14(4-6-16)15-7-9-17(20)10-8-15/h3-11H,1-2H3,(H,21,22). The first-order chi connectivity index (χ1) is 10.5. The van der Waals surface area contributed by atoms with Crippen molar-refractivity contribution in [3.63, 3.8) is 0 Å². The molecule has 1 heterocycles. The minimum atomic E-state index is -0.248. The molecule has 0 spiro atoms. The number of halogens is 1. The molecule has 3 heteroatoms. The number of hydrogen-bond acceptors (Lipinski definition) is 1. The Labute approximate surface area is 128 Å². The summed E-state index contributed by atoms with van der Waals surface area (Å²) in [6, 6.07) is 15.7. The highest BCUT2D eigenvalue weighted by Gasteiger charge is 2.08. The number of aromatic amines is 1. The Balaban J connectivity index is 2.02. The predicted octanol–water partition coefficient (Wildman–Crippen LogP) is 4.46. The van der Waals surface area contributed by atoms with Crippen LogP contribution in [0, 0.1) is 19.7 Å². The first-order valence-electron chi connectivity index (χ1n) is 7.11. The fraction of sp³-hybridized carbons (Fsp3) is 0.105. The summed E-state index contributed by atoms with van der Waals surface area (Å²) >= 11 is 0. The van der Waals surface area contributed by atoms with Gasteiger partial charge in [-0.3, -0.25) is 4.79 Å². The Hall–Kier alpha value is -2.68. The third kappa shape index (κ3) is 2.70. The van der Waals surface area contributed by atoms with Crippen LogP contribution in [0.2, 0.25) is 0 Å². The van der Waals surface area contributed by atoms with Crippen molar-refractivity contribution in [2.24, 2.45) is 0 Å². The van der Waals surface area contributed by atoms with Crippen LogP contribution in [0.15, 0.2) is 59.4 Å². The van der Waals surface area contributed by atoms with Crippen molar-refractivity contribution in [2.45, 2.75) is 13.8 Å². The Morgan fingerprint density at radius 2 is 1.32 bits per heavy atom. The molecular formula is C19H16FNO. The van der Waals surface area contributed by atoms with Gasteiger partial charge in [0, 0.05) is 23.0 Å². The van der Waals surface area contributed by atoms with Crippen LogP contribution < -0.4 is 5.43 Å². The van der Waals surface area contributed by atoms with E-state index in [1.165, 1.54) is 12.1 Å². The van der Waals surface area contributed by atoms with Gasteiger partial charge in [-0.1, -0.05) is 36.4 Å². The van der Waals surface area contributed by atoms with E-state index in [4.69, 9.17) is 0 Å². The second-order valence-electron chi connectivity index (χ2n) is 5.40. The molecule has 22 heavy (non-hydrogen) atoms. The number of hydrogen-bond donors (Lipinski definition) is 1. The fourth-order valence-electron chi connectivity index (χ4n) is 2.68. The quantitative estimate of drug-likeness (QED) is 0.743. The molecule has 0 bridgehead atoms. The molecule has 0 aliphatic carbocycles. The summed E-state index contributed by atoms with van der Waals surface area (Å²) in [6.07, 6.45) is 0. The lowest BCUT2D eigenvalue weighted by Crippen LogP contribution is -2.08. The molecule has 0 saturated carbocycles. The van der Waals surface area contributed by atoms with E-state index in [0.717, 1.165) is 28.1 Å². The highest BCUT2D eigenvalue weighted by atomic mass is 19.1. The fourth-order valence-corrected chi connectivity index (χ4v) is 2.68. The normalized spacial score (nSPS) is 10.7. The van der Waals surface area contributed by atoms with Crippen LogP contribution in [-0.4, -0.2) is 4.98 Å². The Bertz CT molecular complexity index is 861. The van der Waals surface area contributed by atoms with Crippen molar-refractivity contribution >= 4 is 0 Å². The number of nitrogens with one attached hydrogen (secondary N) is 1. The second kappa shape index (κ2) is 5.60. The molecule has 3 rings (SSSR count). The molecular weight excluding hydrogens is 277 g/mol. The minimum Gasteiger partial charge on any atom is -0.362 e.